The highest BCUT2D eigenvalue weighted by molar-refractivity contribution is 5.96. The Morgan fingerprint density at radius 3 is 2.50 bits per heavy atom. The molecule has 2 aromatic carbocycles. The van der Waals surface area contributed by atoms with E-state index < -0.39 is 5.91 Å². The molecule has 0 aliphatic heterocycles. The molecule has 28 heavy (non-hydrogen) atoms. The summed E-state index contributed by atoms with van der Waals surface area (Å²) in [6.45, 7) is 1.84. The smallest absolute Gasteiger partial charge is 0.248 e. The van der Waals surface area contributed by atoms with Gasteiger partial charge in [-0.15, -0.1) is 0 Å². The first-order valence-corrected chi connectivity index (χ1v) is 9.82. The molecule has 1 heterocycles. The average Bonchev–Trinajstić information content (AvgIpc) is 3.60. The van der Waals surface area contributed by atoms with Gasteiger partial charge in [-0.2, -0.15) is 5.10 Å². The van der Waals surface area contributed by atoms with Gasteiger partial charge in [-0.1, -0.05) is 18.2 Å². The topological polar surface area (TPSA) is 60.9 Å². The van der Waals surface area contributed by atoms with Crippen LogP contribution >= 0.6 is 0 Å². The summed E-state index contributed by atoms with van der Waals surface area (Å²) < 4.78 is 17.0. The zero-order valence-corrected chi connectivity index (χ0v) is 15.8. The third-order valence-corrected chi connectivity index (χ3v) is 5.83. The molecule has 0 unspecified atom stereocenters. The zero-order valence-electron chi connectivity index (χ0n) is 15.8. The Morgan fingerprint density at radius 1 is 1.11 bits per heavy atom. The maximum absolute atomic E-state index is 15.1. The first-order chi connectivity index (χ1) is 13.5. The standard InChI is InChI=1S/C23H22FN3O/c1-13-17(3-2-4-18(13)23(25)28)16-9-10-21(19(24)11-16)27-22(15-7-8-15)12-20(26-27)14-5-6-14/h2-4,9-12,14-15H,5-8H2,1H3,(H2,25,28). The van der Waals surface area contributed by atoms with Gasteiger partial charge >= 0.3 is 0 Å². The van der Waals surface area contributed by atoms with Crippen molar-refractivity contribution in [2.45, 2.75) is 44.4 Å². The predicted octanol–water partition coefficient (Wildman–Crippen LogP) is 4.84. The molecule has 142 valence electrons. The van der Waals surface area contributed by atoms with Crippen LogP contribution in [0.2, 0.25) is 0 Å². The van der Waals surface area contributed by atoms with E-state index in [-0.39, 0.29) is 5.82 Å². The number of hydrogen-bond acceptors (Lipinski definition) is 2. The lowest BCUT2D eigenvalue weighted by molar-refractivity contribution is 0.1000. The molecule has 5 heteroatoms. The van der Waals surface area contributed by atoms with E-state index in [1.165, 1.54) is 18.9 Å². The van der Waals surface area contributed by atoms with Crippen molar-refractivity contribution in [3.63, 3.8) is 0 Å². The average molecular weight is 375 g/mol. The van der Waals surface area contributed by atoms with Gasteiger partial charge in [0.25, 0.3) is 0 Å². The van der Waals surface area contributed by atoms with Crippen molar-refractivity contribution >= 4 is 5.91 Å². The minimum Gasteiger partial charge on any atom is -0.366 e. The molecule has 2 N–H and O–H groups in total. The number of rotatable bonds is 5. The summed E-state index contributed by atoms with van der Waals surface area (Å²) in [6, 6.07) is 12.7. The second kappa shape index (κ2) is 6.30. The largest absolute Gasteiger partial charge is 0.366 e. The van der Waals surface area contributed by atoms with Crippen molar-refractivity contribution in [1.82, 2.24) is 9.78 Å². The van der Waals surface area contributed by atoms with E-state index in [2.05, 4.69) is 6.07 Å². The Kier molecular flexibility index (Phi) is 3.86. The maximum Gasteiger partial charge on any atom is 0.248 e. The predicted molar refractivity (Wildman–Crippen MR) is 106 cm³/mol. The SMILES string of the molecule is Cc1c(C(N)=O)cccc1-c1ccc(-n2nc(C3CC3)cc2C2CC2)c(F)c1. The number of hydrogen-bond donors (Lipinski definition) is 1. The van der Waals surface area contributed by atoms with E-state index in [1.807, 2.05) is 19.1 Å². The maximum atomic E-state index is 15.1. The highest BCUT2D eigenvalue weighted by Crippen LogP contribution is 2.45. The summed E-state index contributed by atoms with van der Waals surface area (Å²) in [7, 11) is 0. The fourth-order valence-corrected chi connectivity index (χ4v) is 3.92. The van der Waals surface area contributed by atoms with Gasteiger partial charge in [-0.25, -0.2) is 9.07 Å². The summed E-state index contributed by atoms with van der Waals surface area (Å²) >= 11 is 0. The summed E-state index contributed by atoms with van der Waals surface area (Å²) in [4.78, 5) is 11.6. The zero-order chi connectivity index (χ0) is 19.4. The summed E-state index contributed by atoms with van der Waals surface area (Å²) in [6.07, 6.45) is 4.65. The fraction of sp³-hybridized carbons (Fsp3) is 0.304. The van der Waals surface area contributed by atoms with Crippen molar-refractivity contribution < 1.29 is 9.18 Å². The number of nitrogens with zero attached hydrogens (tertiary/aromatic N) is 2. The quantitative estimate of drug-likeness (QED) is 0.694. The number of halogens is 1. The monoisotopic (exact) mass is 375 g/mol. The van der Waals surface area contributed by atoms with Crippen molar-refractivity contribution in [2.24, 2.45) is 5.73 Å². The van der Waals surface area contributed by atoms with Crippen molar-refractivity contribution in [2.75, 3.05) is 0 Å². The Hall–Kier alpha value is -2.95. The second-order valence-electron chi connectivity index (χ2n) is 7.96. The second-order valence-corrected chi connectivity index (χ2v) is 7.96. The number of primary amides is 1. The van der Waals surface area contributed by atoms with Gasteiger partial charge < -0.3 is 5.73 Å². The normalized spacial score (nSPS) is 16.4. The highest BCUT2D eigenvalue weighted by atomic mass is 19.1. The number of carbonyl (C=O) groups excluding carboxylic acids is 1. The third-order valence-electron chi connectivity index (χ3n) is 5.83. The first kappa shape index (κ1) is 17.2. The number of aromatic nitrogens is 2. The van der Waals surface area contributed by atoms with Gasteiger partial charge in [-0.05, 0) is 73.6 Å². The Morgan fingerprint density at radius 2 is 1.86 bits per heavy atom. The van der Waals surface area contributed by atoms with Crippen LogP contribution in [0.4, 0.5) is 4.39 Å². The highest BCUT2D eigenvalue weighted by Gasteiger charge is 2.33. The molecular weight excluding hydrogens is 353 g/mol. The molecule has 1 aromatic heterocycles. The van der Waals surface area contributed by atoms with Crippen LogP contribution in [0.5, 0.6) is 0 Å². The van der Waals surface area contributed by atoms with Crippen LogP contribution in [0.1, 0.15) is 64.8 Å². The van der Waals surface area contributed by atoms with Crippen LogP contribution < -0.4 is 5.73 Å². The molecule has 0 atom stereocenters. The van der Waals surface area contributed by atoms with E-state index in [4.69, 9.17) is 10.8 Å². The Labute approximate surface area is 163 Å². The summed E-state index contributed by atoms with van der Waals surface area (Å²) in [5, 5.41) is 4.74. The van der Waals surface area contributed by atoms with E-state index in [9.17, 15) is 4.79 Å². The van der Waals surface area contributed by atoms with Crippen molar-refractivity contribution in [1.29, 1.82) is 0 Å². The van der Waals surface area contributed by atoms with Gasteiger partial charge in [0, 0.05) is 23.1 Å². The molecule has 1 amide bonds. The van der Waals surface area contributed by atoms with E-state index in [0.29, 0.717) is 23.1 Å². The molecule has 0 saturated heterocycles. The molecule has 5 rings (SSSR count). The lowest BCUT2D eigenvalue weighted by Gasteiger charge is -2.12. The molecule has 3 aromatic rings. The van der Waals surface area contributed by atoms with Crippen LogP contribution in [0.15, 0.2) is 42.5 Å². The molecule has 2 saturated carbocycles. The van der Waals surface area contributed by atoms with Gasteiger partial charge in [0.2, 0.25) is 5.91 Å². The minimum absolute atomic E-state index is 0.311. The molecule has 2 aliphatic carbocycles. The lowest BCUT2D eigenvalue weighted by Crippen LogP contribution is -2.13. The van der Waals surface area contributed by atoms with Crippen molar-refractivity contribution in [3.8, 4) is 16.8 Å². The van der Waals surface area contributed by atoms with Gasteiger partial charge in [0.1, 0.15) is 11.5 Å². The molecular formula is C23H22FN3O. The van der Waals surface area contributed by atoms with E-state index in [1.54, 1.807) is 22.9 Å². The number of benzene rings is 2. The van der Waals surface area contributed by atoms with E-state index >= 15 is 4.39 Å². The first-order valence-electron chi connectivity index (χ1n) is 9.82. The molecule has 2 aliphatic rings. The molecule has 2 fully saturated rings. The number of amides is 1. The molecule has 4 nitrogen and oxygen atoms in total. The number of nitrogens with two attached hydrogens (primary N) is 1. The third kappa shape index (κ3) is 2.91. The summed E-state index contributed by atoms with van der Waals surface area (Å²) in [5.74, 6) is 0.247. The minimum atomic E-state index is -0.477. The molecule has 0 bridgehead atoms. The Balaban J connectivity index is 1.57. The van der Waals surface area contributed by atoms with Gasteiger partial charge in [0.05, 0.1) is 5.69 Å². The summed E-state index contributed by atoms with van der Waals surface area (Å²) in [5.41, 5.74) is 10.9. The lowest BCUT2D eigenvalue weighted by atomic mass is 9.96. The van der Waals surface area contributed by atoms with Crippen LogP contribution in [-0.2, 0) is 0 Å². The molecule has 0 radical (unpaired) electrons. The van der Waals surface area contributed by atoms with Crippen LogP contribution in [0.25, 0.3) is 16.8 Å². The van der Waals surface area contributed by atoms with E-state index in [0.717, 1.165) is 40.9 Å². The van der Waals surface area contributed by atoms with Gasteiger partial charge in [-0.3, -0.25) is 4.79 Å². The van der Waals surface area contributed by atoms with Crippen LogP contribution in [0, 0.1) is 12.7 Å². The number of carbonyl (C=O) groups is 1. The fourth-order valence-electron chi connectivity index (χ4n) is 3.92. The van der Waals surface area contributed by atoms with Gasteiger partial charge in [0.15, 0.2) is 0 Å². The van der Waals surface area contributed by atoms with Crippen LogP contribution in [-0.4, -0.2) is 15.7 Å². The Bertz CT molecular complexity index is 1090. The molecule has 0 spiro atoms. The van der Waals surface area contributed by atoms with Crippen molar-refractivity contribution in [3.05, 3.63) is 70.8 Å². The van der Waals surface area contributed by atoms with Crippen LogP contribution in [0.3, 0.4) is 0 Å².